The molecule has 0 amide bonds. The molecule has 1 aromatic carbocycles. The van der Waals surface area contributed by atoms with Crippen molar-refractivity contribution >= 4 is 5.97 Å². The van der Waals surface area contributed by atoms with E-state index in [1.807, 2.05) is 0 Å². The van der Waals surface area contributed by atoms with Gasteiger partial charge in [-0.3, -0.25) is 0 Å². The summed E-state index contributed by atoms with van der Waals surface area (Å²) in [5.74, 6) is -4.44. The van der Waals surface area contributed by atoms with E-state index in [4.69, 9.17) is 5.11 Å². The van der Waals surface area contributed by atoms with Gasteiger partial charge in [0.1, 0.15) is 5.82 Å². The van der Waals surface area contributed by atoms with E-state index < -0.39 is 35.0 Å². The van der Waals surface area contributed by atoms with Crippen molar-refractivity contribution in [2.75, 3.05) is 13.2 Å². The molecule has 2 N–H and O–H groups in total. The normalized spacial score (nSPS) is 13.3. The number of aliphatic hydroxyl groups excluding tert-OH is 1. The van der Waals surface area contributed by atoms with E-state index >= 15 is 0 Å². The van der Waals surface area contributed by atoms with Gasteiger partial charge in [-0.25, -0.2) is 4.39 Å². The molecular weight excluding hydrogens is 345 g/mol. The third-order valence-electron chi connectivity index (χ3n) is 3.17. The van der Waals surface area contributed by atoms with E-state index in [0.717, 1.165) is 6.07 Å². The predicted octanol–water partition coefficient (Wildman–Crippen LogP) is -1.96. The summed E-state index contributed by atoms with van der Waals surface area (Å²) in [6.45, 7) is 2.70. The van der Waals surface area contributed by atoms with E-state index in [1.165, 1.54) is 0 Å². The molecule has 0 spiro atoms. The van der Waals surface area contributed by atoms with Crippen molar-refractivity contribution < 1.29 is 84.0 Å². The monoisotopic (exact) mass is 361 g/mol. The molecule has 0 aliphatic rings. The molecule has 0 heterocycles. The number of aliphatic carboxylic acids is 1. The quantitative estimate of drug-likeness (QED) is 0.456. The van der Waals surface area contributed by atoms with Crippen molar-refractivity contribution in [2.45, 2.75) is 31.5 Å². The molecule has 0 saturated carbocycles. The Labute approximate surface area is 173 Å². The Hall–Kier alpha value is -0.0336. The third kappa shape index (κ3) is 6.77. The minimum atomic E-state index is -4.85. The number of rotatable bonds is 6. The third-order valence-corrected chi connectivity index (χ3v) is 3.17. The Bertz CT molecular complexity index is 549. The minimum Gasteiger partial charge on any atom is -0.549 e. The molecule has 0 bridgehead atoms. The number of aliphatic hydroxyl groups is 1. The number of halogens is 4. The second-order valence-corrected chi connectivity index (χ2v) is 5.53. The fourth-order valence-electron chi connectivity index (χ4n) is 1.75. The number of carbonyl (C=O) groups excluding carboxylic acids is 1. The number of carboxylic acid groups (broad SMARTS) is 1. The predicted molar refractivity (Wildman–Crippen MR) is 68.3 cm³/mol. The first-order chi connectivity index (χ1) is 9.98. The van der Waals surface area contributed by atoms with Crippen LogP contribution in [0.15, 0.2) is 18.2 Å². The number of alkyl halides is 3. The Morgan fingerprint density at radius 1 is 1.35 bits per heavy atom. The van der Waals surface area contributed by atoms with Crippen LogP contribution in [-0.4, -0.2) is 29.8 Å². The maximum Gasteiger partial charge on any atom is 1.00 e. The second kappa shape index (κ2) is 8.89. The number of hydrogen-bond donors (Lipinski definition) is 2. The van der Waals surface area contributed by atoms with Crippen LogP contribution in [0.1, 0.15) is 30.9 Å². The second-order valence-electron chi connectivity index (χ2n) is 5.53. The summed E-state index contributed by atoms with van der Waals surface area (Å²) >= 11 is 0. The molecule has 1 unspecified atom stereocenters. The van der Waals surface area contributed by atoms with E-state index in [-0.39, 0.29) is 70.1 Å². The van der Waals surface area contributed by atoms with Crippen molar-refractivity contribution in [3.8, 4) is 0 Å². The van der Waals surface area contributed by atoms with E-state index in [2.05, 4.69) is 5.32 Å². The van der Waals surface area contributed by atoms with E-state index in [0.29, 0.717) is 12.1 Å². The number of benzene rings is 1. The molecule has 1 atom stereocenters. The van der Waals surface area contributed by atoms with Gasteiger partial charge in [0.05, 0.1) is 18.1 Å². The van der Waals surface area contributed by atoms with E-state index in [9.17, 15) is 27.5 Å². The molecule has 0 aliphatic heterocycles. The Kier molecular flexibility index (Phi) is 8.87. The van der Waals surface area contributed by atoms with Crippen molar-refractivity contribution in [1.82, 2.24) is 5.32 Å². The summed E-state index contributed by atoms with van der Waals surface area (Å²) < 4.78 is 51.0. The average Bonchev–Trinajstić information content (AvgIpc) is 2.37. The fourth-order valence-corrected chi connectivity index (χ4v) is 1.75. The molecule has 1 aromatic rings. The van der Waals surface area contributed by atoms with Crippen LogP contribution in [0, 0.1) is 5.82 Å². The largest absolute Gasteiger partial charge is 1.00 e. The van der Waals surface area contributed by atoms with Crippen LogP contribution >= 0.6 is 0 Å². The Balaban J connectivity index is 0.00000484. The summed E-state index contributed by atoms with van der Waals surface area (Å²) in [5, 5.41) is 23.0. The first-order valence-electron chi connectivity index (χ1n) is 6.41. The Morgan fingerprint density at radius 3 is 2.30 bits per heavy atom. The van der Waals surface area contributed by atoms with Gasteiger partial charge in [-0.15, -0.1) is 0 Å². The zero-order chi connectivity index (χ0) is 17.1. The number of hydrogen-bond acceptors (Lipinski definition) is 4. The van der Waals surface area contributed by atoms with Crippen molar-refractivity contribution in [1.29, 1.82) is 0 Å². The minimum absolute atomic E-state index is 0. The number of carboxylic acids is 1. The molecule has 124 valence electrons. The molecule has 23 heavy (non-hydrogen) atoms. The summed E-state index contributed by atoms with van der Waals surface area (Å²) in [6, 6.07) is 1.94. The maximum absolute atomic E-state index is 13.5. The van der Waals surface area contributed by atoms with Gasteiger partial charge < -0.3 is 20.3 Å². The topological polar surface area (TPSA) is 72.4 Å². The first kappa shape index (κ1) is 23.0. The van der Waals surface area contributed by atoms with Crippen LogP contribution in [0.5, 0.6) is 0 Å². The molecule has 4 nitrogen and oxygen atoms in total. The van der Waals surface area contributed by atoms with Crippen LogP contribution in [-0.2, 0) is 11.0 Å². The molecule has 0 radical (unpaired) electrons. The molecule has 0 fully saturated rings. The molecule has 9 heteroatoms. The van der Waals surface area contributed by atoms with Gasteiger partial charge in [0, 0.05) is 18.0 Å². The van der Waals surface area contributed by atoms with Crippen LogP contribution in [0.3, 0.4) is 0 Å². The summed E-state index contributed by atoms with van der Waals surface area (Å²) in [7, 11) is 0. The number of nitrogens with one attached hydrogen (secondary N) is 1. The van der Waals surface area contributed by atoms with Gasteiger partial charge >= 0.3 is 57.6 Å². The van der Waals surface area contributed by atoms with Gasteiger partial charge in [-0.1, -0.05) is 6.07 Å². The zero-order valence-electron chi connectivity index (χ0n) is 13.0. The Morgan fingerprint density at radius 2 is 1.91 bits per heavy atom. The van der Waals surface area contributed by atoms with Crippen LogP contribution in [0.25, 0.3) is 0 Å². The van der Waals surface area contributed by atoms with Crippen molar-refractivity contribution in [3.63, 3.8) is 0 Å². The molecule has 0 saturated heterocycles. The van der Waals surface area contributed by atoms with Crippen LogP contribution in [0.4, 0.5) is 17.6 Å². The molecule has 1 rings (SSSR count). The van der Waals surface area contributed by atoms with Crippen molar-refractivity contribution in [3.05, 3.63) is 35.1 Å². The average molecular weight is 361 g/mol. The smallest absolute Gasteiger partial charge is 0.549 e. The first-order valence-corrected chi connectivity index (χ1v) is 6.41. The number of carbonyl (C=O) groups is 1. The standard InChI is InChI=1S/C14H17F4NO3.K/c1-13(2,7-20)19-6-9(12(21)22)8-3-4-10(11(15)5-8)14(16,17)18;/h3-5,9,19-20H,6-7H2,1-2H3,(H,21,22);/q;+1/p-1. The van der Waals surface area contributed by atoms with Gasteiger partial charge in [-0.05, 0) is 31.5 Å². The van der Waals surface area contributed by atoms with Gasteiger partial charge in [0.15, 0.2) is 0 Å². The van der Waals surface area contributed by atoms with Gasteiger partial charge in [-0.2, -0.15) is 13.2 Å². The van der Waals surface area contributed by atoms with E-state index in [1.54, 1.807) is 13.8 Å². The molecule has 0 aliphatic carbocycles. The summed E-state index contributed by atoms with van der Waals surface area (Å²) in [6.07, 6.45) is -4.85. The molecule has 0 aromatic heterocycles. The SMILES string of the molecule is CC(C)(CO)NCC(C(=O)[O-])c1ccc(C(F)(F)F)c(F)c1.[K+]. The van der Waals surface area contributed by atoms with Gasteiger partial charge in [0.25, 0.3) is 0 Å². The zero-order valence-corrected chi connectivity index (χ0v) is 16.1. The summed E-state index contributed by atoms with van der Waals surface area (Å²) in [5.41, 5.74) is -2.40. The summed E-state index contributed by atoms with van der Waals surface area (Å²) in [4.78, 5) is 11.1. The van der Waals surface area contributed by atoms with Gasteiger partial charge in [0.2, 0.25) is 0 Å². The van der Waals surface area contributed by atoms with Crippen LogP contribution < -0.4 is 61.8 Å². The fraction of sp³-hybridized carbons (Fsp3) is 0.500. The molecular formula is C14H16F4KNO3. The van der Waals surface area contributed by atoms with Crippen molar-refractivity contribution in [2.24, 2.45) is 0 Å². The van der Waals surface area contributed by atoms with Crippen LogP contribution in [0.2, 0.25) is 0 Å². The maximum atomic E-state index is 13.5.